The largest absolute Gasteiger partial charge is 0.494 e. The van der Waals surface area contributed by atoms with Gasteiger partial charge in [0, 0.05) is 23.6 Å². The molecule has 0 radical (unpaired) electrons. The zero-order chi connectivity index (χ0) is 14.7. The highest BCUT2D eigenvalue weighted by Gasteiger charge is 2.24. The summed E-state index contributed by atoms with van der Waals surface area (Å²) in [5.74, 6) is 1.21. The number of ether oxygens (including phenoxy) is 3. The van der Waals surface area contributed by atoms with Crippen LogP contribution in [0.2, 0.25) is 0 Å². The summed E-state index contributed by atoms with van der Waals surface area (Å²) >= 11 is 0. The molecule has 1 aromatic carbocycles. The predicted octanol–water partition coefficient (Wildman–Crippen LogP) is 1.97. The Morgan fingerprint density at radius 3 is 2.95 bits per heavy atom. The molecule has 0 amide bonds. The lowest BCUT2D eigenvalue weighted by molar-refractivity contribution is -0.141. The van der Waals surface area contributed by atoms with Gasteiger partial charge in [0.05, 0.1) is 20.1 Å². The van der Waals surface area contributed by atoms with Gasteiger partial charge in [-0.05, 0) is 26.0 Å². The van der Waals surface area contributed by atoms with Crippen LogP contribution in [0.3, 0.4) is 0 Å². The maximum Gasteiger partial charge on any atom is 0.307 e. The van der Waals surface area contributed by atoms with Gasteiger partial charge in [-0.1, -0.05) is 0 Å². The van der Waals surface area contributed by atoms with Crippen molar-refractivity contribution in [3.63, 3.8) is 0 Å². The molecule has 2 unspecified atom stereocenters. The van der Waals surface area contributed by atoms with Gasteiger partial charge in [0.15, 0.2) is 0 Å². The fraction of sp³-hybridized carbons (Fsp3) is 0.533. The number of methoxy groups -OCH3 is 1. The third kappa shape index (κ3) is 3.04. The SMILES string of the molecule is CCOc1cc2c(cc1C(N)CC(=O)OC)OC(C)C2. The summed E-state index contributed by atoms with van der Waals surface area (Å²) in [5.41, 5.74) is 8.00. The van der Waals surface area contributed by atoms with Crippen molar-refractivity contribution in [2.45, 2.75) is 38.8 Å². The second-order valence-corrected chi connectivity index (χ2v) is 4.95. The molecule has 2 rings (SSSR count). The highest BCUT2D eigenvalue weighted by Crippen LogP contribution is 2.37. The first-order chi connectivity index (χ1) is 9.55. The Kier molecular flexibility index (Phi) is 4.49. The van der Waals surface area contributed by atoms with Crippen LogP contribution in [-0.4, -0.2) is 25.8 Å². The summed E-state index contributed by atoms with van der Waals surface area (Å²) in [4.78, 5) is 11.4. The molecule has 0 bridgehead atoms. The Bertz CT molecular complexity index is 501. The van der Waals surface area contributed by atoms with Crippen LogP contribution in [0.1, 0.15) is 37.4 Å². The molecule has 0 saturated carbocycles. The zero-order valence-electron chi connectivity index (χ0n) is 12.1. The van der Waals surface area contributed by atoms with E-state index in [0.717, 1.165) is 29.0 Å². The Balaban J connectivity index is 2.30. The summed E-state index contributed by atoms with van der Waals surface area (Å²) in [7, 11) is 1.35. The number of carbonyl (C=O) groups excluding carboxylic acids is 1. The topological polar surface area (TPSA) is 70.8 Å². The van der Waals surface area contributed by atoms with E-state index in [9.17, 15) is 4.79 Å². The van der Waals surface area contributed by atoms with Crippen molar-refractivity contribution < 1.29 is 19.0 Å². The molecule has 20 heavy (non-hydrogen) atoms. The molecule has 1 aliphatic heterocycles. The number of benzene rings is 1. The quantitative estimate of drug-likeness (QED) is 0.834. The Hall–Kier alpha value is -1.75. The van der Waals surface area contributed by atoms with E-state index in [1.54, 1.807) is 0 Å². The standard InChI is InChI=1S/C15H21NO4/c1-4-19-14-6-10-5-9(2)20-13(10)7-11(14)12(16)8-15(17)18-3/h6-7,9,12H,4-5,8,16H2,1-3H3. The Morgan fingerprint density at radius 1 is 1.55 bits per heavy atom. The van der Waals surface area contributed by atoms with Crippen LogP contribution in [0.15, 0.2) is 12.1 Å². The molecule has 2 N–H and O–H groups in total. The van der Waals surface area contributed by atoms with Crippen LogP contribution in [-0.2, 0) is 16.0 Å². The first-order valence-corrected chi connectivity index (χ1v) is 6.83. The van der Waals surface area contributed by atoms with Crippen LogP contribution in [0.5, 0.6) is 11.5 Å². The van der Waals surface area contributed by atoms with Crippen LogP contribution >= 0.6 is 0 Å². The van der Waals surface area contributed by atoms with Gasteiger partial charge >= 0.3 is 5.97 Å². The van der Waals surface area contributed by atoms with E-state index in [2.05, 4.69) is 4.74 Å². The van der Waals surface area contributed by atoms with Crippen molar-refractivity contribution in [2.24, 2.45) is 5.73 Å². The molecule has 110 valence electrons. The molecule has 0 aliphatic carbocycles. The van der Waals surface area contributed by atoms with E-state index in [-0.39, 0.29) is 18.5 Å². The smallest absolute Gasteiger partial charge is 0.307 e. The molecule has 0 fully saturated rings. The summed E-state index contributed by atoms with van der Waals surface area (Å²) in [6, 6.07) is 3.39. The summed E-state index contributed by atoms with van der Waals surface area (Å²) in [6.07, 6.45) is 1.14. The fourth-order valence-electron chi connectivity index (χ4n) is 2.40. The molecule has 0 saturated heterocycles. The van der Waals surface area contributed by atoms with Crippen LogP contribution in [0.25, 0.3) is 0 Å². The minimum absolute atomic E-state index is 0.116. The van der Waals surface area contributed by atoms with Crippen molar-refractivity contribution >= 4 is 5.97 Å². The minimum atomic E-state index is -0.464. The van der Waals surface area contributed by atoms with Gasteiger partial charge in [0.1, 0.15) is 17.6 Å². The van der Waals surface area contributed by atoms with Gasteiger partial charge in [-0.15, -0.1) is 0 Å². The number of esters is 1. The van der Waals surface area contributed by atoms with Crippen molar-refractivity contribution in [2.75, 3.05) is 13.7 Å². The number of hydrogen-bond donors (Lipinski definition) is 1. The van der Waals surface area contributed by atoms with Gasteiger partial charge in [-0.3, -0.25) is 4.79 Å². The molecule has 0 aromatic heterocycles. The molecular weight excluding hydrogens is 258 g/mol. The van der Waals surface area contributed by atoms with Gasteiger partial charge < -0.3 is 19.9 Å². The van der Waals surface area contributed by atoms with Crippen molar-refractivity contribution in [3.8, 4) is 11.5 Å². The van der Waals surface area contributed by atoms with E-state index < -0.39 is 6.04 Å². The van der Waals surface area contributed by atoms with Crippen molar-refractivity contribution in [1.29, 1.82) is 0 Å². The predicted molar refractivity (Wildman–Crippen MR) is 75.0 cm³/mol. The number of carbonyl (C=O) groups is 1. The second kappa shape index (κ2) is 6.13. The highest BCUT2D eigenvalue weighted by molar-refractivity contribution is 5.70. The average Bonchev–Trinajstić information content (AvgIpc) is 2.77. The lowest BCUT2D eigenvalue weighted by Crippen LogP contribution is -2.17. The minimum Gasteiger partial charge on any atom is -0.494 e. The van der Waals surface area contributed by atoms with Gasteiger partial charge in [0.2, 0.25) is 0 Å². The summed E-state index contributed by atoms with van der Waals surface area (Å²) in [5, 5.41) is 0. The molecule has 1 aromatic rings. The van der Waals surface area contributed by atoms with E-state index in [1.165, 1.54) is 7.11 Å². The fourth-order valence-corrected chi connectivity index (χ4v) is 2.40. The first-order valence-electron chi connectivity index (χ1n) is 6.83. The average molecular weight is 279 g/mol. The molecule has 5 nitrogen and oxygen atoms in total. The monoisotopic (exact) mass is 279 g/mol. The lowest BCUT2D eigenvalue weighted by atomic mass is 10.00. The molecule has 1 heterocycles. The van der Waals surface area contributed by atoms with Crippen LogP contribution in [0, 0.1) is 0 Å². The summed E-state index contributed by atoms with van der Waals surface area (Å²) < 4.78 is 16.0. The number of fused-ring (bicyclic) bond motifs is 1. The zero-order valence-corrected chi connectivity index (χ0v) is 12.1. The maximum absolute atomic E-state index is 11.4. The third-order valence-electron chi connectivity index (χ3n) is 3.34. The third-order valence-corrected chi connectivity index (χ3v) is 3.34. The number of hydrogen-bond acceptors (Lipinski definition) is 5. The molecule has 0 spiro atoms. The van der Waals surface area contributed by atoms with E-state index in [4.69, 9.17) is 15.2 Å². The lowest BCUT2D eigenvalue weighted by Gasteiger charge is -2.17. The van der Waals surface area contributed by atoms with Gasteiger partial charge in [-0.25, -0.2) is 0 Å². The van der Waals surface area contributed by atoms with E-state index in [0.29, 0.717) is 6.61 Å². The number of rotatable bonds is 5. The van der Waals surface area contributed by atoms with Crippen molar-refractivity contribution in [3.05, 3.63) is 23.3 Å². The molecule has 1 aliphatic rings. The first kappa shape index (κ1) is 14.7. The maximum atomic E-state index is 11.4. The second-order valence-electron chi connectivity index (χ2n) is 4.95. The van der Waals surface area contributed by atoms with Gasteiger partial charge in [0.25, 0.3) is 0 Å². The number of nitrogens with two attached hydrogens (primary N) is 1. The van der Waals surface area contributed by atoms with E-state index >= 15 is 0 Å². The highest BCUT2D eigenvalue weighted by atomic mass is 16.5. The normalized spacial score (nSPS) is 18.1. The van der Waals surface area contributed by atoms with Crippen LogP contribution < -0.4 is 15.2 Å². The molecule has 5 heteroatoms. The van der Waals surface area contributed by atoms with Gasteiger partial charge in [-0.2, -0.15) is 0 Å². The van der Waals surface area contributed by atoms with E-state index in [1.807, 2.05) is 26.0 Å². The summed E-state index contributed by atoms with van der Waals surface area (Å²) in [6.45, 7) is 4.49. The Labute approximate surface area is 119 Å². The molecule has 2 atom stereocenters. The Morgan fingerprint density at radius 2 is 2.30 bits per heavy atom. The van der Waals surface area contributed by atoms with Crippen molar-refractivity contribution in [1.82, 2.24) is 0 Å². The molecular formula is C15H21NO4. The van der Waals surface area contributed by atoms with Crippen LogP contribution in [0.4, 0.5) is 0 Å².